The summed E-state index contributed by atoms with van der Waals surface area (Å²) in [6, 6.07) is 0. The van der Waals surface area contributed by atoms with Gasteiger partial charge in [-0.25, -0.2) is 4.79 Å². The fraction of sp³-hybridized carbons (Fsp3) is 0.538. The summed E-state index contributed by atoms with van der Waals surface area (Å²) in [5.41, 5.74) is 0.0495. The minimum absolute atomic E-state index is 0.176. The van der Waals surface area contributed by atoms with Crippen molar-refractivity contribution in [3.8, 4) is 0 Å². The first-order valence-electron chi connectivity index (χ1n) is 6.09. The topological polar surface area (TPSA) is 95.9 Å². The van der Waals surface area contributed by atoms with Gasteiger partial charge >= 0.3 is 6.09 Å². The first-order valence-corrected chi connectivity index (χ1v) is 7.03. The lowest BCUT2D eigenvalue weighted by Gasteiger charge is -2.22. The van der Waals surface area contributed by atoms with E-state index < -0.39 is 23.9 Å². The molecule has 0 bridgehead atoms. The predicted octanol–water partition coefficient (Wildman–Crippen LogP) is 1.48. The second kappa shape index (κ2) is 6.83. The summed E-state index contributed by atoms with van der Waals surface area (Å²) in [7, 11) is 0. The molecule has 3 N–H and O–H groups in total. The Morgan fingerprint density at radius 2 is 2.10 bits per heavy atom. The quantitative estimate of drug-likeness (QED) is 0.716. The first kappa shape index (κ1) is 16.6. The predicted molar refractivity (Wildman–Crippen MR) is 74.9 cm³/mol. The van der Waals surface area contributed by atoms with Gasteiger partial charge in [0.15, 0.2) is 6.29 Å². The monoisotopic (exact) mass is 301 g/mol. The molecule has 1 heterocycles. The summed E-state index contributed by atoms with van der Waals surface area (Å²) in [6.07, 6.45) is -2.53. The van der Waals surface area contributed by atoms with Crippen molar-refractivity contribution in [2.75, 3.05) is 6.54 Å². The molecular formula is C13H19NO5S. The van der Waals surface area contributed by atoms with E-state index in [1.54, 1.807) is 31.5 Å². The Morgan fingerprint density at radius 1 is 1.45 bits per heavy atom. The third kappa shape index (κ3) is 4.92. The normalized spacial score (nSPS) is 14.4. The number of aldehydes is 1. The largest absolute Gasteiger partial charge is 0.444 e. The molecule has 0 saturated carbocycles. The minimum Gasteiger partial charge on any atom is -0.444 e. The molecule has 0 aliphatic rings. The van der Waals surface area contributed by atoms with Crippen molar-refractivity contribution in [3.63, 3.8) is 0 Å². The van der Waals surface area contributed by atoms with Gasteiger partial charge in [-0.15, -0.1) is 0 Å². The van der Waals surface area contributed by atoms with Gasteiger partial charge in [0.2, 0.25) is 0 Å². The molecule has 7 heteroatoms. The first-order chi connectivity index (χ1) is 9.24. The number of ether oxygens (including phenoxy) is 1. The molecule has 0 aromatic carbocycles. The number of alkyl carbamates (subject to hydrolysis) is 1. The second-order valence-corrected chi connectivity index (χ2v) is 6.04. The van der Waals surface area contributed by atoms with Crippen LogP contribution >= 0.6 is 11.3 Å². The van der Waals surface area contributed by atoms with Gasteiger partial charge in [-0.2, -0.15) is 11.3 Å². The van der Waals surface area contributed by atoms with E-state index >= 15 is 0 Å². The van der Waals surface area contributed by atoms with Gasteiger partial charge in [-0.05, 0) is 26.2 Å². The van der Waals surface area contributed by atoms with Crippen LogP contribution in [-0.4, -0.2) is 40.8 Å². The van der Waals surface area contributed by atoms with Crippen LogP contribution in [0.4, 0.5) is 4.79 Å². The van der Waals surface area contributed by atoms with Crippen LogP contribution in [0, 0.1) is 0 Å². The number of carbonyl (C=O) groups is 2. The number of aliphatic hydroxyl groups excluding tert-OH is 2. The van der Waals surface area contributed by atoms with E-state index in [9.17, 15) is 19.8 Å². The smallest absolute Gasteiger partial charge is 0.407 e. The highest BCUT2D eigenvalue weighted by molar-refractivity contribution is 7.08. The molecule has 0 saturated heterocycles. The molecular weight excluding hydrogens is 282 g/mol. The van der Waals surface area contributed by atoms with Crippen molar-refractivity contribution in [2.45, 2.75) is 38.6 Å². The Kier molecular flexibility index (Phi) is 5.67. The molecule has 0 aliphatic heterocycles. The van der Waals surface area contributed by atoms with Gasteiger partial charge in [0, 0.05) is 23.1 Å². The molecule has 112 valence electrons. The fourth-order valence-electron chi connectivity index (χ4n) is 1.47. The van der Waals surface area contributed by atoms with E-state index in [0.29, 0.717) is 17.4 Å². The number of nitrogens with one attached hydrogen (secondary N) is 1. The zero-order valence-corrected chi connectivity index (χ0v) is 12.4. The van der Waals surface area contributed by atoms with Crippen molar-refractivity contribution >= 4 is 23.7 Å². The molecule has 1 rings (SSSR count). The van der Waals surface area contributed by atoms with Crippen LogP contribution in [0.3, 0.4) is 0 Å². The van der Waals surface area contributed by atoms with E-state index in [1.807, 2.05) is 0 Å². The average molecular weight is 301 g/mol. The van der Waals surface area contributed by atoms with Crippen LogP contribution in [0.5, 0.6) is 0 Å². The zero-order valence-electron chi connectivity index (χ0n) is 11.6. The summed E-state index contributed by atoms with van der Waals surface area (Å²) in [6.45, 7) is 4.99. The van der Waals surface area contributed by atoms with Crippen LogP contribution in [0.15, 0.2) is 10.8 Å². The number of hydrogen-bond donors (Lipinski definition) is 3. The van der Waals surface area contributed by atoms with E-state index in [4.69, 9.17) is 4.74 Å². The van der Waals surface area contributed by atoms with Gasteiger partial charge < -0.3 is 20.3 Å². The van der Waals surface area contributed by atoms with Gasteiger partial charge in [0.05, 0.1) is 0 Å². The molecule has 1 aromatic rings. The minimum atomic E-state index is -1.24. The summed E-state index contributed by atoms with van der Waals surface area (Å²) >= 11 is 1.25. The van der Waals surface area contributed by atoms with Gasteiger partial charge in [-0.1, -0.05) is 0 Å². The molecule has 20 heavy (non-hydrogen) atoms. The number of rotatable bonds is 5. The molecule has 1 aromatic heterocycles. The standard InChI is InChI=1S/C13H19NO5S/c1-13(2,3)19-12(18)14-4-10(16)11(17)9-7-20-6-8(9)5-15/h5-7,10-11,16-17H,4H2,1-3H3,(H,14,18). The summed E-state index contributed by atoms with van der Waals surface area (Å²) in [5, 5.41) is 25.3. The fourth-order valence-corrected chi connectivity index (χ4v) is 2.30. The Balaban J connectivity index is 2.52. The Morgan fingerprint density at radius 3 is 2.65 bits per heavy atom. The van der Waals surface area contributed by atoms with Gasteiger partial charge in [-0.3, -0.25) is 4.79 Å². The van der Waals surface area contributed by atoms with Crippen molar-refractivity contribution in [1.82, 2.24) is 5.32 Å². The third-order valence-corrected chi connectivity index (χ3v) is 3.17. The molecule has 6 nitrogen and oxygen atoms in total. The highest BCUT2D eigenvalue weighted by Gasteiger charge is 2.23. The zero-order chi connectivity index (χ0) is 15.3. The lowest BCUT2D eigenvalue weighted by molar-refractivity contribution is 0.0128. The lowest BCUT2D eigenvalue weighted by atomic mass is 10.0. The number of thiophene rings is 1. The maximum Gasteiger partial charge on any atom is 0.407 e. The van der Waals surface area contributed by atoms with Crippen LogP contribution < -0.4 is 5.32 Å². The van der Waals surface area contributed by atoms with E-state index in [-0.39, 0.29) is 6.54 Å². The Hall–Kier alpha value is -1.44. The van der Waals surface area contributed by atoms with Crippen molar-refractivity contribution < 1.29 is 24.5 Å². The lowest BCUT2D eigenvalue weighted by Crippen LogP contribution is -2.38. The SMILES string of the molecule is CC(C)(C)OC(=O)NCC(O)C(O)c1cscc1C=O. The second-order valence-electron chi connectivity index (χ2n) is 5.30. The Bertz CT molecular complexity index is 466. The van der Waals surface area contributed by atoms with Gasteiger partial charge in [0.1, 0.15) is 17.8 Å². The molecule has 0 radical (unpaired) electrons. The maximum atomic E-state index is 11.4. The summed E-state index contributed by atoms with van der Waals surface area (Å²) < 4.78 is 5.01. The van der Waals surface area contributed by atoms with E-state index in [0.717, 1.165) is 0 Å². The van der Waals surface area contributed by atoms with E-state index in [1.165, 1.54) is 11.3 Å². The van der Waals surface area contributed by atoms with E-state index in [2.05, 4.69) is 5.32 Å². The number of amides is 1. The number of hydrogen-bond acceptors (Lipinski definition) is 6. The average Bonchev–Trinajstić information content (AvgIpc) is 2.81. The summed E-state index contributed by atoms with van der Waals surface area (Å²) in [5.74, 6) is 0. The molecule has 2 unspecified atom stereocenters. The highest BCUT2D eigenvalue weighted by atomic mass is 32.1. The van der Waals surface area contributed by atoms with Crippen LogP contribution in [0.25, 0.3) is 0 Å². The number of aliphatic hydroxyl groups is 2. The molecule has 0 fully saturated rings. The van der Waals surface area contributed by atoms with Gasteiger partial charge in [0.25, 0.3) is 0 Å². The van der Waals surface area contributed by atoms with Crippen molar-refractivity contribution in [3.05, 3.63) is 21.9 Å². The van der Waals surface area contributed by atoms with Crippen LogP contribution in [-0.2, 0) is 4.74 Å². The molecule has 2 atom stereocenters. The molecule has 0 spiro atoms. The highest BCUT2D eigenvalue weighted by Crippen LogP contribution is 2.23. The third-order valence-electron chi connectivity index (χ3n) is 2.39. The number of carbonyl (C=O) groups excluding carboxylic acids is 2. The van der Waals surface area contributed by atoms with Crippen molar-refractivity contribution in [1.29, 1.82) is 0 Å². The molecule has 1 amide bonds. The van der Waals surface area contributed by atoms with Crippen LogP contribution in [0.1, 0.15) is 42.8 Å². The Labute approximate surface area is 121 Å². The summed E-state index contributed by atoms with van der Waals surface area (Å²) in [4.78, 5) is 22.2. The van der Waals surface area contributed by atoms with Crippen molar-refractivity contribution in [2.24, 2.45) is 0 Å². The molecule has 0 aliphatic carbocycles. The van der Waals surface area contributed by atoms with Crippen LogP contribution in [0.2, 0.25) is 0 Å². The maximum absolute atomic E-state index is 11.4.